The van der Waals surface area contributed by atoms with Crippen molar-refractivity contribution in [2.24, 2.45) is 5.92 Å². The largest absolute Gasteiger partial charge is 0.311 e. The third-order valence-corrected chi connectivity index (χ3v) is 4.29. The van der Waals surface area contributed by atoms with Crippen molar-refractivity contribution in [3.05, 3.63) is 34.9 Å². The summed E-state index contributed by atoms with van der Waals surface area (Å²) >= 11 is 0. The second-order valence-electron chi connectivity index (χ2n) is 6.46. The quantitative estimate of drug-likeness (QED) is 0.845. The lowest BCUT2D eigenvalue weighted by atomic mass is 9.80. The Balaban J connectivity index is 2.24. The Bertz CT molecular complexity index is 380. The fourth-order valence-corrected chi connectivity index (χ4v) is 3.51. The molecule has 1 fully saturated rings. The summed E-state index contributed by atoms with van der Waals surface area (Å²) in [5, 5.41) is 3.80. The number of hydrogen-bond donors (Lipinski definition) is 1. The summed E-state index contributed by atoms with van der Waals surface area (Å²) < 4.78 is 0. The van der Waals surface area contributed by atoms with E-state index in [1.54, 1.807) is 5.56 Å². The van der Waals surface area contributed by atoms with E-state index >= 15 is 0 Å². The number of hydrogen-bond acceptors (Lipinski definition) is 1. The van der Waals surface area contributed by atoms with Gasteiger partial charge in [-0.2, -0.15) is 0 Å². The zero-order valence-corrected chi connectivity index (χ0v) is 12.3. The van der Waals surface area contributed by atoms with E-state index < -0.39 is 0 Å². The maximum Gasteiger partial charge on any atom is 0.0224 e. The fourth-order valence-electron chi connectivity index (χ4n) is 3.51. The molecule has 0 bridgehead atoms. The van der Waals surface area contributed by atoms with Crippen molar-refractivity contribution >= 4 is 0 Å². The molecule has 0 aliphatic carbocycles. The van der Waals surface area contributed by atoms with Gasteiger partial charge < -0.3 is 5.32 Å². The lowest BCUT2D eigenvalue weighted by Crippen LogP contribution is -2.43. The SMILES string of the molecule is Cc1cccc(C)c1CC1(CC(C)C)CCCN1. The Morgan fingerprint density at radius 2 is 1.89 bits per heavy atom. The highest BCUT2D eigenvalue weighted by Gasteiger charge is 2.34. The molecule has 2 rings (SSSR count). The van der Waals surface area contributed by atoms with Crippen molar-refractivity contribution in [3.8, 4) is 0 Å². The van der Waals surface area contributed by atoms with Gasteiger partial charge in [0.2, 0.25) is 0 Å². The molecule has 1 N–H and O–H groups in total. The molecule has 1 nitrogen and oxygen atoms in total. The molecule has 1 aromatic carbocycles. The maximum absolute atomic E-state index is 3.80. The Kier molecular flexibility index (Phi) is 4.11. The average Bonchev–Trinajstić information content (AvgIpc) is 2.72. The van der Waals surface area contributed by atoms with Crippen molar-refractivity contribution in [2.75, 3.05) is 6.54 Å². The van der Waals surface area contributed by atoms with Crippen LogP contribution in [0.4, 0.5) is 0 Å². The first-order valence-corrected chi connectivity index (χ1v) is 7.32. The first kappa shape index (κ1) is 13.6. The summed E-state index contributed by atoms with van der Waals surface area (Å²) in [4.78, 5) is 0. The standard InChI is InChI=1S/C17H27N/c1-13(2)11-17(9-6-10-18-17)12-16-14(3)7-5-8-15(16)4/h5,7-8,13,18H,6,9-12H2,1-4H3. The summed E-state index contributed by atoms with van der Waals surface area (Å²) in [6.45, 7) is 10.4. The molecule has 1 heterocycles. The van der Waals surface area contributed by atoms with E-state index in [0.29, 0.717) is 5.54 Å². The van der Waals surface area contributed by atoms with Crippen LogP contribution in [0.15, 0.2) is 18.2 Å². The van der Waals surface area contributed by atoms with Crippen molar-refractivity contribution in [3.63, 3.8) is 0 Å². The van der Waals surface area contributed by atoms with Crippen LogP contribution in [0.5, 0.6) is 0 Å². The second kappa shape index (κ2) is 5.44. The van der Waals surface area contributed by atoms with E-state index in [2.05, 4.69) is 51.2 Å². The summed E-state index contributed by atoms with van der Waals surface area (Å²) in [7, 11) is 0. The van der Waals surface area contributed by atoms with E-state index in [-0.39, 0.29) is 0 Å². The van der Waals surface area contributed by atoms with Gasteiger partial charge in [-0.15, -0.1) is 0 Å². The van der Waals surface area contributed by atoms with Gasteiger partial charge in [0.15, 0.2) is 0 Å². The van der Waals surface area contributed by atoms with Crippen LogP contribution >= 0.6 is 0 Å². The lowest BCUT2D eigenvalue weighted by molar-refractivity contribution is 0.301. The first-order valence-electron chi connectivity index (χ1n) is 7.32. The summed E-state index contributed by atoms with van der Waals surface area (Å²) in [5.74, 6) is 0.764. The van der Waals surface area contributed by atoms with Crippen LogP contribution in [0.2, 0.25) is 0 Å². The van der Waals surface area contributed by atoms with Gasteiger partial charge in [-0.1, -0.05) is 32.0 Å². The molecule has 0 saturated carbocycles. The van der Waals surface area contributed by atoms with Crippen molar-refractivity contribution in [1.29, 1.82) is 0 Å². The van der Waals surface area contributed by atoms with E-state index in [0.717, 1.165) is 5.92 Å². The van der Waals surface area contributed by atoms with Gasteiger partial charge in [-0.05, 0) is 68.7 Å². The zero-order valence-electron chi connectivity index (χ0n) is 12.3. The van der Waals surface area contributed by atoms with E-state index in [9.17, 15) is 0 Å². The number of rotatable bonds is 4. The molecule has 1 atom stereocenters. The zero-order chi connectivity index (χ0) is 13.2. The molecule has 1 aliphatic heterocycles. The molecule has 1 heteroatoms. The number of aryl methyl sites for hydroxylation is 2. The minimum Gasteiger partial charge on any atom is -0.311 e. The summed E-state index contributed by atoms with van der Waals surface area (Å²) in [6, 6.07) is 6.67. The van der Waals surface area contributed by atoms with Crippen molar-refractivity contribution in [1.82, 2.24) is 5.32 Å². The number of nitrogens with one attached hydrogen (secondary N) is 1. The van der Waals surface area contributed by atoms with Crippen LogP contribution in [0.25, 0.3) is 0 Å². The molecular formula is C17H27N. The minimum absolute atomic E-state index is 0.352. The van der Waals surface area contributed by atoms with E-state index in [1.807, 2.05) is 0 Å². The topological polar surface area (TPSA) is 12.0 Å². The highest BCUT2D eigenvalue weighted by molar-refractivity contribution is 5.35. The average molecular weight is 245 g/mol. The normalized spacial score (nSPS) is 23.8. The van der Waals surface area contributed by atoms with Crippen molar-refractivity contribution in [2.45, 2.75) is 58.9 Å². The Morgan fingerprint density at radius 3 is 2.39 bits per heavy atom. The smallest absolute Gasteiger partial charge is 0.0224 e. The highest BCUT2D eigenvalue weighted by Crippen LogP contribution is 2.32. The lowest BCUT2D eigenvalue weighted by Gasteiger charge is -2.33. The van der Waals surface area contributed by atoms with Crippen molar-refractivity contribution < 1.29 is 0 Å². The van der Waals surface area contributed by atoms with Gasteiger partial charge in [0, 0.05) is 5.54 Å². The van der Waals surface area contributed by atoms with Crippen LogP contribution in [0.3, 0.4) is 0 Å². The first-order chi connectivity index (χ1) is 8.52. The summed E-state index contributed by atoms with van der Waals surface area (Å²) in [5.41, 5.74) is 4.82. The molecule has 18 heavy (non-hydrogen) atoms. The third kappa shape index (κ3) is 2.95. The summed E-state index contributed by atoms with van der Waals surface area (Å²) in [6.07, 6.45) is 5.15. The van der Waals surface area contributed by atoms with Gasteiger partial charge in [-0.25, -0.2) is 0 Å². The molecule has 1 saturated heterocycles. The van der Waals surface area contributed by atoms with Crippen LogP contribution < -0.4 is 5.32 Å². The molecule has 100 valence electrons. The van der Waals surface area contributed by atoms with Gasteiger partial charge in [-0.3, -0.25) is 0 Å². The molecular weight excluding hydrogens is 218 g/mol. The van der Waals surface area contributed by atoms with E-state index in [4.69, 9.17) is 0 Å². The third-order valence-electron chi connectivity index (χ3n) is 4.29. The molecule has 1 unspecified atom stereocenters. The predicted octanol–water partition coefficient (Wildman–Crippen LogP) is 4.01. The second-order valence-corrected chi connectivity index (χ2v) is 6.46. The molecule has 0 spiro atoms. The van der Waals surface area contributed by atoms with E-state index in [1.165, 1.54) is 43.4 Å². The maximum atomic E-state index is 3.80. The van der Waals surface area contributed by atoms with Crippen LogP contribution in [0, 0.1) is 19.8 Å². The predicted molar refractivity (Wildman–Crippen MR) is 79.0 cm³/mol. The monoisotopic (exact) mass is 245 g/mol. The molecule has 0 aromatic heterocycles. The Morgan fingerprint density at radius 1 is 1.22 bits per heavy atom. The van der Waals surface area contributed by atoms with Crippen LogP contribution in [-0.2, 0) is 6.42 Å². The van der Waals surface area contributed by atoms with Gasteiger partial charge in [0.1, 0.15) is 0 Å². The van der Waals surface area contributed by atoms with Gasteiger partial charge in [0.25, 0.3) is 0 Å². The molecule has 0 amide bonds. The molecule has 1 aromatic rings. The molecule has 1 aliphatic rings. The van der Waals surface area contributed by atoms with Crippen LogP contribution in [0.1, 0.15) is 49.8 Å². The fraction of sp³-hybridized carbons (Fsp3) is 0.647. The van der Waals surface area contributed by atoms with Gasteiger partial charge in [0.05, 0.1) is 0 Å². The highest BCUT2D eigenvalue weighted by atomic mass is 15.0. The Hall–Kier alpha value is -0.820. The number of benzene rings is 1. The Labute approximate surface area is 112 Å². The molecule has 0 radical (unpaired) electrons. The minimum atomic E-state index is 0.352. The van der Waals surface area contributed by atoms with Gasteiger partial charge >= 0.3 is 0 Å². The van der Waals surface area contributed by atoms with Crippen LogP contribution in [-0.4, -0.2) is 12.1 Å².